The largest absolute Gasteiger partial charge is 0.457 e. The standard InChI is InChI=1S/C16H13NO/c1-12-10-11-17-14-8-5-9-15(16(12)14)18-13-6-3-2-4-7-13/h2-11H,1H3. The molecule has 2 aromatic carbocycles. The molecule has 2 heteroatoms. The second-order valence-electron chi connectivity index (χ2n) is 4.19. The number of aromatic nitrogens is 1. The van der Waals surface area contributed by atoms with Gasteiger partial charge in [0, 0.05) is 11.6 Å². The predicted molar refractivity (Wildman–Crippen MR) is 73.0 cm³/mol. The van der Waals surface area contributed by atoms with Crippen LogP contribution in [0.1, 0.15) is 5.56 Å². The summed E-state index contributed by atoms with van der Waals surface area (Å²) in [7, 11) is 0. The molecule has 0 amide bonds. The SMILES string of the molecule is Cc1ccnc2cccc(Oc3ccccc3)c12. The maximum Gasteiger partial charge on any atom is 0.137 e. The minimum Gasteiger partial charge on any atom is -0.457 e. The second-order valence-corrected chi connectivity index (χ2v) is 4.19. The Morgan fingerprint density at radius 2 is 1.72 bits per heavy atom. The van der Waals surface area contributed by atoms with Gasteiger partial charge in [-0.05, 0) is 42.8 Å². The van der Waals surface area contributed by atoms with Gasteiger partial charge in [0.05, 0.1) is 5.52 Å². The van der Waals surface area contributed by atoms with Crippen molar-refractivity contribution in [3.05, 3.63) is 66.4 Å². The molecular formula is C16H13NO. The number of ether oxygens (including phenoxy) is 1. The molecule has 0 saturated heterocycles. The molecule has 2 nitrogen and oxygen atoms in total. The molecule has 0 radical (unpaired) electrons. The molecule has 1 aromatic heterocycles. The van der Waals surface area contributed by atoms with Gasteiger partial charge >= 0.3 is 0 Å². The predicted octanol–water partition coefficient (Wildman–Crippen LogP) is 4.34. The summed E-state index contributed by atoms with van der Waals surface area (Å²) in [6, 6.07) is 17.7. The zero-order valence-electron chi connectivity index (χ0n) is 10.1. The van der Waals surface area contributed by atoms with Crippen molar-refractivity contribution in [3.63, 3.8) is 0 Å². The lowest BCUT2D eigenvalue weighted by molar-refractivity contribution is 0.488. The minimum atomic E-state index is 0.841. The van der Waals surface area contributed by atoms with Crippen molar-refractivity contribution >= 4 is 10.9 Å². The van der Waals surface area contributed by atoms with E-state index in [1.165, 1.54) is 5.56 Å². The summed E-state index contributed by atoms with van der Waals surface area (Å²) in [5.41, 5.74) is 2.13. The van der Waals surface area contributed by atoms with Gasteiger partial charge in [0.25, 0.3) is 0 Å². The third-order valence-corrected chi connectivity index (χ3v) is 2.91. The lowest BCUT2D eigenvalue weighted by atomic mass is 10.1. The molecular weight excluding hydrogens is 222 g/mol. The Kier molecular flexibility index (Phi) is 2.69. The highest BCUT2D eigenvalue weighted by atomic mass is 16.5. The van der Waals surface area contributed by atoms with Crippen molar-refractivity contribution in [1.82, 2.24) is 4.98 Å². The quantitative estimate of drug-likeness (QED) is 0.659. The summed E-state index contributed by atoms with van der Waals surface area (Å²) in [6.07, 6.45) is 1.82. The molecule has 0 aliphatic rings. The van der Waals surface area contributed by atoms with Crippen molar-refractivity contribution in [3.8, 4) is 11.5 Å². The van der Waals surface area contributed by atoms with E-state index in [0.717, 1.165) is 22.4 Å². The highest BCUT2D eigenvalue weighted by Gasteiger charge is 2.06. The Hall–Kier alpha value is -2.35. The van der Waals surface area contributed by atoms with Crippen LogP contribution in [0.15, 0.2) is 60.8 Å². The van der Waals surface area contributed by atoms with Gasteiger partial charge in [0.15, 0.2) is 0 Å². The normalized spacial score (nSPS) is 10.5. The van der Waals surface area contributed by atoms with Gasteiger partial charge in [-0.15, -0.1) is 0 Å². The summed E-state index contributed by atoms with van der Waals surface area (Å²) >= 11 is 0. The summed E-state index contributed by atoms with van der Waals surface area (Å²) in [5.74, 6) is 1.69. The second kappa shape index (κ2) is 4.49. The third-order valence-electron chi connectivity index (χ3n) is 2.91. The number of hydrogen-bond acceptors (Lipinski definition) is 2. The van der Waals surface area contributed by atoms with E-state index in [0.29, 0.717) is 0 Å². The number of fused-ring (bicyclic) bond motifs is 1. The summed E-state index contributed by atoms with van der Waals surface area (Å²) < 4.78 is 5.93. The van der Waals surface area contributed by atoms with Gasteiger partial charge in [-0.1, -0.05) is 24.3 Å². The highest BCUT2D eigenvalue weighted by Crippen LogP contribution is 2.30. The number of rotatable bonds is 2. The first-order valence-electron chi connectivity index (χ1n) is 5.92. The molecule has 0 saturated carbocycles. The zero-order valence-corrected chi connectivity index (χ0v) is 10.1. The van der Waals surface area contributed by atoms with Crippen molar-refractivity contribution in [2.24, 2.45) is 0 Å². The van der Waals surface area contributed by atoms with E-state index < -0.39 is 0 Å². The van der Waals surface area contributed by atoms with Gasteiger partial charge in [-0.25, -0.2) is 0 Å². The highest BCUT2D eigenvalue weighted by molar-refractivity contribution is 5.88. The number of pyridine rings is 1. The van der Waals surface area contributed by atoms with Crippen LogP contribution < -0.4 is 4.74 Å². The molecule has 0 spiro atoms. The third kappa shape index (κ3) is 1.93. The van der Waals surface area contributed by atoms with E-state index >= 15 is 0 Å². The Morgan fingerprint density at radius 1 is 0.889 bits per heavy atom. The lowest BCUT2D eigenvalue weighted by Crippen LogP contribution is -1.89. The van der Waals surface area contributed by atoms with Crippen molar-refractivity contribution in [2.45, 2.75) is 6.92 Å². The Bertz CT molecular complexity index is 672. The van der Waals surface area contributed by atoms with Crippen LogP contribution in [-0.2, 0) is 0 Å². The first-order valence-corrected chi connectivity index (χ1v) is 5.92. The first kappa shape index (κ1) is 10.8. The smallest absolute Gasteiger partial charge is 0.137 e. The maximum atomic E-state index is 5.93. The van der Waals surface area contributed by atoms with Crippen LogP contribution in [0.3, 0.4) is 0 Å². The Morgan fingerprint density at radius 3 is 2.56 bits per heavy atom. The van der Waals surface area contributed by atoms with Crippen LogP contribution in [-0.4, -0.2) is 4.98 Å². The van der Waals surface area contributed by atoms with Crippen LogP contribution in [0.25, 0.3) is 10.9 Å². The van der Waals surface area contributed by atoms with Gasteiger partial charge in [0.2, 0.25) is 0 Å². The molecule has 1 heterocycles. The molecule has 0 N–H and O–H groups in total. The monoisotopic (exact) mass is 235 g/mol. The molecule has 0 aliphatic carbocycles. The topological polar surface area (TPSA) is 22.1 Å². The van der Waals surface area contributed by atoms with Crippen LogP contribution in [0, 0.1) is 6.92 Å². The first-order chi connectivity index (χ1) is 8.84. The van der Waals surface area contributed by atoms with E-state index in [2.05, 4.69) is 11.9 Å². The van der Waals surface area contributed by atoms with Gasteiger partial charge in [-0.3, -0.25) is 4.98 Å². The Labute approximate surface area is 106 Å². The molecule has 0 unspecified atom stereocenters. The fourth-order valence-electron chi connectivity index (χ4n) is 2.04. The Balaban J connectivity index is 2.12. The van der Waals surface area contributed by atoms with E-state index in [1.54, 1.807) is 0 Å². The van der Waals surface area contributed by atoms with E-state index in [-0.39, 0.29) is 0 Å². The van der Waals surface area contributed by atoms with Crippen molar-refractivity contribution in [2.75, 3.05) is 0 Å². The molecule has 18 heavy (non-hydrogen) atoms. The van der Waals surface area contributed by atoms with E-state index in [9.17, 15) is 0 Å². The van der Waals surface area contributed by atoms with E-state index in [4.69, 9.17) is 4.74 Å². The average molecular weight is 235 g/mol. The number of nitrogens with zero attached hydrogens (tertiary/aromatic N) is 1. The zero-order chi connectivity index (χ0) is 12.4. The molecule has 3 aromatic rings. The van der Waals surface area contributed by atoms with Gasteiger partial charge in [0.1, 0.15) is 11.5 Å². The van der Waals surface area contributed by atoms with E-state index in [1.807, 2.05) is 60.8 Å². The summed E-state index contributed by atoms with van der Waals surface area (Å²) in [5, 5.41) is 1.07. The number of hydrogen-bond donors (Lipinski definition) is 0. The van der Waals surface area contributed by atoms with Gasteiger partial charge in [-0.2, -0.15) is 0 Å². The maximum absolute atomic E-state index is 5.93. The van der Waals surface area contributed by atoms with Crippen LogP contribution >= 0.6 is 0 Å². The molecule has 0 aliphatic heterocycles. The number of para-hydroxylation sites is 1. The molecule has 0 fully saturated rings. The average Bonchev–Trinajstić information content (AvgIpc) is 2.40. The molecule has 0 atom stereocenters. The summed E-state index contributed by atoms with van der Waals surface area (Å²) in [6.45, 7) is 2.07. The molecule has 3 rings (SSSR count). The molecule has 88 valence electrons. The van der Waals surface area contributed by atoms with Crippen molar-refractivity contribution in [1.29, 1.82) is 0 Å². The molecule has 0 bridgehead atoms. The van der Waals surface area contributed by atoms with Gasteiger partial charge < -0.3 is 4.74 Å². The fourth-order valence-corrected chi connectivity index (χ4v) is 2.04. The lowest BCUT2D eigenvalue weighted by Gasteiger charge is -2.10. The van der Waals surface area contributed by atoms with Crippen LogP contribution in [0.2, 0.25) is 0 Å². The van der Waals surface area contributed by atoms with Crippen molar-refractivity contribution < 1.29 is 4.74 Å². The number of benzene rings is 2. The van der Waals surface area contributed by atoms with Crippen LogP contribution in [0.4, 0.5) is 0 Å². The fraction of sp³-hybridized carbons (Fsp3) is 0.0625. The number of aryl methyl sites for hydroxylation is 1. The van der Waals surface area contributed by atoms with Crippen LogP contribution in [0.5, 0.6) is 11.5 Å². The summed E-state index contributed by atoms with van der Waals surface area (Å²) in [4.78, 5) is 4.36. The minimum absolute atomic E-state index is 0.841.